The average Bonchev–Trinajstić information content (AvgIpc) is 2.44. The van der Waals surface area contributed by atoms with Crippen molar-refractivity contribution in [3.63, 3.8) is 0 Å². The van der Waals surface area contributed by atoms with Gasteiger partial charge in [-0.05, 0) is 12.1 Å². The minimum atomic E-state index is -5.78. The average molecular weight is 335 g/mol. The van der Waals surface area contributed by atoms with Crippen molar-refractivity contribution in [1.29, 1.82) is 0 Å². The second-order valence-corrected chi connectivity index (χ2v) is 5.56. The van der Waals surface area contributed by atoms with E-state index in [0.29, 0.717) is 0 Å². The summed E-state index contributed by atoms with van der Waals surface area (Å²) in [6.45, 7) is 0. The second kappa shape index (κ2) is 5.44. The number of methoxy groups -OCH3 is 1. The zero-order valence-electron chi connectivity index (χ0n) is 10.9. The Hall–Kier alpha value is -2.36. The first-order valence-electron chi connectivity index (χ1n) is 5.63. The summed E-state index contributed by atoms with van der Waals surface area (Å²) in [5, 5.41) is 0.220. The van der Waals surface area contributed by atoms with Gasteiger partial charge in [0.1, 0.15) is 0 Å². The normalized spacial score (nSPS) is 12.2. The highest BCUT2D eigenvalue weighted by atomic mass is 32.2. The summed E-state index contributed by atoms with van der Waals surface area (Å²) in [4.78, 5) is 15.3. The Morgan fingerprint density at radius 2 is 1.95 bits per heavy atom. The van der Waals surface area contributed by atoms with Crippen molar-refractivity contribution >= 4 is 27.0 Å². The van der Waals surface area contributed by atoms with Crippen LogP contribution in [0.15, 0.2) is 30.5 Å². The quantitative estimate of drug-likeness (QED) is 0.486. The van der Waals surface area contributed by atoms with E-state index in [2.05, 4.69) is 13.9 Å². The number of ether oxygens (including phenoxy) is 1. The predicted octanol–water partition coefficient (Wildman–Crippen LogP) is 2.25. The van der Waals surface area contributed by atoms with E-state index in [-0.39, 0.29) is 16.5 Å². The fraction of sp³-hybridized carbons (Fsp3) is 0.167. The molecule has 0 N–H and O–H groups in total. The van der Waals surface area contributed by atoms with Crippen LogP contribution in [-0.2, 0) is 14.9 Å². The summed E-state index contributed by atoms with van der Waals surface area (Å²) in [5.74, 6) is -1.30. The monoisotopic (exact) mass is 335 g/mol. The number of para-hydroxylation sites is 1. The van der Waals surface area contributed by atoms with Gasteiger partial charge >= 0.3 is 21.6 Å². The van der Waals surface area contributed by atoms with Crippen LogP contribution in [-0.4, -0.2) is 32.0 Å². The van der Waals surface area contributed by atoms with Gasteiger partial charge in [0.2, 0.25) is 0 Å². The molecule has 1 aromatic heterocycles. The molecule has 0 spiro atoms. The zero-order valence-corrected chi connectivity index (χ0v) is 11.7. The summed E-state index contributed by atoms with van der Waals surface area (Å²) in [6, 6.07) is 5.31. The van der Waals surface area contributed by atoms with Crippen LogP contribution in [0.2, 0.25) is 0 Å². The SMILES string of the molecule is COC(=O)c1cccc2cc(OS(=O)(=O)C(F)(F)F)cnc12. The second-order valence-electron chi connectivity index (χ2n) is 4.02. The van der Waals surface area contributed by atoms with Crippen LogP contribution >= 0.6 is 0 Å². The number of carbonyl (C=O) groups is 1. The molecule has 2 rings (SSSR count). The molecule has 6 nitrogen and oxygen atoms in total. The molecule has 1 heterocycles. The molecule has 0 saturated heterocycles. The van der Waals surface area contributed by atoms with Gasteiger partial charge in [-0.25, -0.2) is 4.79 Å². The number of carbonyl (C=O) groups excluding carboxylic acids is 1. The maximum atomic E-state index is 12.3. The van der Waals surface area contributed by atoms with Crippen LogP contribution in [0.5, 0.6) is 5.75 Å². The molecule has 1 aromatic carbocycles. The van der Waals surface area contributed by atoms with Crippen LogP contribution in [0, 0.1) is 0 Å². The Labute approximate surface area is 122 Å². The van der Waals surface area contributed by atoms with Crippen molar-refractivity contribution in [1.82, 2.24) is 4.98 Å². The zero-order chi connectivity index (χ0) is 16.5. The fourth-order valence-corrected chi connectivity index (χ4v) is 2.07. The lowest BCUT2D eigenvalue weighted by molar-refractivity contribution is -0.0500. The third kappa shape index (κ3) is 2.96. The molecule has 0 radical (unpaired) electrons. The molecule has 2 aromatic rings. The van der Waals surface area contributed by atoms with Crippen molar-refractivity contribution < 1.29 is 35.3 Å². The molecular formula is C12H8F3NO5S. The summed E-state index contributed by atoms with van der Waals surface area (Å²) in [7, 11) is -4.62. The molecule has 0 fully saturated rings. The fourth-order valence-electron chi connectivity index (χ4n) is 1.63. The van der Waals surface area contributed by atoms with Gasteiger partial charge in [0, 0.05) is 5.39 Å². The molecule has 0 atom stereocenters. The standard InChI is InChI=1S/C12H8F3NO5S/c1-20-11(17)9-4-2-3-7-5-8(6-16-10(7)9)21-22(18,19)12(13,14)15/h2-6H,1H3. The molecule has 0 saturated carbocycles. The number of hydrogen-bond donors (Lipinski definition) is 0. The van der Waals surface area contributed by atoms with E-state index < -0.39 is 27.3 Å². The molecular weight excluding hydrogens is 327 g/mol. The number of alkyl halides is 3. The van der Waals surface area contributed by atoms with Crippen molar-refractivity contribution in [2.24, 2.45) is 0 Å². The first-order valence-corrected chi connectivity index (χ1v) is 7.04. The van der Waals surface area contributed by atoms with E-state index in [1.54, 1.807) is 0 Å². The molecule has 0 bridgehead atoms. The number of esters is 1. The lowest BCUT2D eigenvalue weighted by Gasteiger charge is -2.10. The Morgan fingerprint density at radius 1 is 1.27 bits per heavy atom. The van der Waals surface area contributed by atoms with E-state index in [4.69, 9.17) is 0 Å². The van der Waals surface area contributed by atoms with E-state index in [1.165, 1.54) is 18.2 Å². The van der Waals surface area contributed by atoms with Gasteiger partial charge in [0.25, 0.3) is 0 Å². The van der Waals surface area contributed by atoms with Gasteiger partial charge in [-0.1, -0.05) is 12.1 Å². The Kier molecular flexibility index (Phi) is 3.96. The number of halogens is 3. The highest BCUT2D eigenvalue weighted by Crippen LogP contribution is 2.28. The van der Waals surface area contributed by atoms with E-state index in [0.717, 1.165) is 19.4 Å². The van der Waals surface area contributed by atoms with Gasteiger partial charge in [0.15, 0.2) is 5.75 Å². The largest absolute Gasteiger partial charge is 0.534 e. The van der Waals surface area contributed by atoms with E-state index >= 15 is 0 Å². The molecule has 0 amide bonds. The van der Waals surface area contributed by atoms with Gasteiger partial charge in [-0.15, -0.1) is 0 Å². The van der Waals surface area contributed by atoms with Crippen molar-refractivity contribution in [2.75, 3.05) is 7.11 Å². The predicted molar refractivity (Wildman–Crippen MR) is 68.7 cm³/mol. The number of rotatable bonds is 3. The van der Waals surface area contributed by atoms with Crippen LogP contribution < -0.4 is 4.18 Å². The van der Waals surface area contributed by atoms with E-state index in [1.807, 2.05) is 0 Å². The summed E-state index contributed by atoms with van der Waals surface area (Å²) < 4.78 is 67.1. The highest BCUT2D eigenvalue weighted by molar-refractivity contribution is 7.88. The maximum Gasteiger partial charge on any atom is 0.534 e. The Balaban J connectivity index is 2.47. The molecule has 10 heteroatoms. The molecule has 0 unspecified atom stereocenters. The smallest absolute Gasteiger partial charge is 0.465 e. The van der Waals surface area contributed by atoms with Gasteiger partial charge in [-0.3, -0.25) is 4.98 Å². The summed E-state index contributed by atoms with van der Waals surface area (Å²) in [6.07, 6.45) is 0.776. The number of aromatic nitrogens is 1. The van der Waals surface area contributed by atoms with Crippen molar-refractivity contribution in [2.45, 2.75) is 5.51 Å². The first kappa shape index (κ1) is 16.0. The van der Waals surface area contributed by atoms with Gasteiger partial charge in [0.05, 0.1) is 24.4 Å². The molecule has 0 aliphatic rings. The molecule has 0 aliphatic heterocycles. The van der Waals surface area contributed by atoms with Crippen LogP contribution in [0.3, 0.4) is 0 Å². The van der Waals surface area contributed by atoms with E-state index in [9.17, 15) is 26.4 Å². The van der Waals surface area contributed by atoms with Gasteiger partial charge < -0.3 is 8.92 Å². The number of fused-ring (bicyclic) bond motifs is 1. The summed E-state index contributed by atoms with van der Waals surface area (Å²) >= 11 is 0. The van der Waals surface area contributed by atoms with Crippen LogP contribution in [0.1, 0.15) is 10.4 Å². The topological polar surface area (TPSA) is 82.6 Å². The number of nitrogens with zero attached hydrogens (tertiary/aromatic N) is 1. The summed E-state index contributed by atoms with van der Waals surface area (Å²) in [5.41, 5.74) is -5.31. The lowest BCUT2D eigenvalue weighted by Crippen LogP contribution is -2.28. The van der Waals surface area contributed by atoms with Crippen LogP contribution in [0.4, 0.5) is 13.2 Å². The Bertz CT molecular complexity index is 832. The number of benzene rings is 1. The third-order valence-electron chi connectivity index (χ3n) is 2.58. The Morgan fingerprint density at radius 3 is 2.55 bits per heavy atom. The third-order valence-corrected chi connectivity index (χ3v) is 3.56. The lowest BCUT2D eigenvalue weighted by atomic mass is 10.1. The number of pyridine rings is 1. The van der Waals surface area contributed by atoms with Gasteiger partial charge in [-0.2, -0.15) is 21.6 Å². The highest BCUT2D eigenvalue weighted by Gasteiger charge is 2.48. The first-order chi connectivity index (χ1) is 10.2. The number of hydrogen-bond acceptors (Lipinski definition) is 6. The van der Waals surface area contributed by atoms with Crippen molar-refractivity contribution in [3.05, 3.63) is 36.0 Å². The molecule has 118 valence electrons. The molecule has 0 aliphatic carbocycles. The van der Waals surface area contributed by atoms with Crippen LogP contribution in [0.25, 0.3) is 10.9 Å². The minimum absolute atomic E-state index is 0.0882. The minimum Gasteiger partial charge on any atom is -0.465 e. The van der Waals surface area contributed by atoms with Crippen molar-refractivity contribution in [3.8, 4) is 5.75 Å². The molecule has 22 heavy (non-hydrogen) atoms. The maximum absolute atomic E-state index is 12.3.